The fourth-order valence-electron chi connectivity index (χ4n) is 9.12. The van der Waals surface area contributed by atoms with Crippen molar-refractivity contribution in [1.82, 2.24) is 38.2 Å². The van der Waals surface area contributed by atoms with Crippen molar-refractivity contribution in [2.24, 2.45) is 23.7 Å². The van der Waals surface area contributed by atoms with Crippen LogP contribution in [0.25, 0.3) is 0 Å². The lowest BCUT2D eigenvalue weighted by atomic mass is 9.78. The van der Waals surface area contributed by atoms with Crippen LogP contribution in [0.1, 0.15) is 49.9 Å². The minimum atomic E-state index is -5.51. The van der Waals surface area contributed by atoms with Gasteiger partial charge in [-0.1, -0.05) is 15.2 Å². The first-order valence-corrected chi connectivity index (χ1v) is 39.6. The first kappa shape index (κ1) is 78.6. The summed E-state index contributed by atoms with van der Waals surface area (Å²) >= 11 is 10.3. The minimum absolute atomic E-state index is 0.139. The van der Waals surface area contributed by atoms with Crippen LogP contribution < -0.4 is 84.3 Å². The van der Waals surface area contributed by atoms with Gasteiger partial charge in [0.1, 0.15) is 39.9 Å². The summed E-state index contributed by atoms with van der Waals surface area (Å²) in [4.78, 5) is 175. The fraction of sp³-hybridized carbons (Fsp3) is 0.600. The zero-order chi connectivity index (χ0) is 69.9. The van der Waals surface area contributed by atoms with Crippen molar-refractivity contribution >= 4 is 79.5 Å². The van der Waals surface area contributed by atoms with Gasteiger partial charge in [0.15, 0.2) is 11.6 Å². The maximum absolute atomic E-state index is 14.2. The Labute approximate surface area is 515 Å². The highest BCUT2D eigenvalue weighted by molar-refractivity contribution is 8.05. The van der Waals surface area contributed by atoms with E-state index >= 15 is 0 Å². The SMILES string of the molecule is Nc1nc(=O)n([C@H]2C[C@@H](COP(=O)([O-])CP(=O)([O-])CP(=O)([O-])[O-])[C@@H]2F)cc1F.O=c1[nH]c(=O)n([C@H]2C[C@@H](CO)[C@@H]2F)cc1F.O=c1[nH]c(=O)n([C@H]2C[C@@H](COP(=O)(Cl)Cl)[C@@H]2F)cc1F.O=c1[nH]c(=O)n([C@H]2C[C@@H](COP(=O)([O-])CP(=O)([O-])CP(=O)([O-])[O-])[C@@H]2F)cc1F. The third-order valence-corrected chi connectivity index (χ3v) is 28.3. The molecule has 4 aliphatic rings. The molecular weight excluding hydrogens is 1460 g/mol. The van der Waals surface area contributed by atoms with Crippen molar-refractivity contribution in [1.29, 1.82) is 0 Å². The molecule has 35 nitrogen and oxygen atoms in total. The van der Waals surface area contributed by atoms with Gasteiger partial charge in [-0.3, -0.25) is 52.2 Å². The van der Waals surface area contributed by atoms with Crippen LogP contribution in [0.2, 0.25) is 0 Å². The van der Waals surface area contributed by atoms with E-state index in [9.17, 15) is 140 Å². The number of nitrogens with one attached hydrogen (secondary N) is 3. The van der Waals surface area contributed by atoms with E-state index < -0.39 is 229 Å². The summed E-state index contributed by atoms with van der Waals surface area (Å²) in [6.07, 6.45) is -7.77. The number of H-pyrrole nitrogens is 3. The Morgan fingerprint density at radius 1 is 0.489 bits per heavy atom. The van der Waals surface area contributed by atoms with Crippen LogP contribution in [0.5, 0.6) is 0 Å². The molecule has 0 radical (unpaired) electrons. The molecule has 520 valence electrons. The summed E-state index contributed by atoms with van der Waals surface area (Å²) < 4.78 is 203. The van der Waals surface area contributed by atoms with E-state index in [0.29, 0.717) is 33.9 Å². The van der Waals surface area contributed by atoms with Gasteiger partial charge in [0.25, 0.3) is 16.7 Å². The molecule has 0 aromatic carbocycles. The number of aromatic nitrogens is 8. The summed E-state index contributed by atoms with van der Waals surface area (Å²) in [7, 11) is -31.5. The Morgan fingerprint density at radius 2 is 0.772 bits per heavy atom. The third-order valence-electron chi connectivity index (χ3n) is 13.8. The number of halogens is 10. The lowest BCUT2D eigenvalue weighted by Crippen LogP contribution is -2.47. The Morgan fingerprint density at radius 3 is 1.05 bits per heavy atom. The number of aliphatic hydroxyl groups is 1. The molecule has 0 spiro atoms. The van der Waals surface area contributed by atoms with E-state index in [2.05, 4.69) is 18.6 Å². The van der Waals surface area contributed by atoms with Crippen LogP contribution in [0.4, 0.5) is 40.9 Å². The van der Waals surface area contributed by atoms with Gasteiger partial charge in [0.05, 0.1) is 74.4 Å². The van der Waals surface area contributed by atoms with Crippen LogP contribution in [0.3, 0.4) is 0 Å². The molecular formula is C40H46Cl2F8N9O26P7-8. The van der Waals surface area contributed by atoms with Crippen molar-refractivity contribution in [3.05, 3.63) is 121 Å². The minimum Gasteiger partial charge on any atom is -0.810 e. The predicted octanol–water partition coefficient (Wildman–Crippen LogP) is -2.74. The van der Waals surface area contributed by atoms with E-state index in [-0.39, 0.29) is 38.9 Å². The Hall–Kier alpha value is -4.13. The summed E-state index contributed by atoms with van der Waals surface area (Å²) in [5.41, 5.74) is -2.27. The van der Waals surface area contributed by atoms with Crippen LogP contribution in [-0.2, 0) is 45.5 Å². The van der Waals surface area contributed by atoms with Crippen molar-refractivity contribution in [2.45, 2.75) is 74.5 Å². The lowest BCUT2D eigenvalue weighted by Gasteiger charge is -2.42. The Balaban J connectivity index is 0.000000227. The summed E-state index contributed by atoms with van der Waals surface area (Å²) in [5, 5.41) is 8.73. The van der Waals surface area contributed by atoms with Gasteiger partial charge in [0.2, 0.25) is 17.5 Å². The second kappa shape index (κ2) is 30.5. The molecule has 4 aromatic rings. The highest BCUT2D eigenvalue weighted by Crippen LogP contribution is 2.60. The third kappa shape index (κ3) is 21.9. The van der Waals surface area contributed by atoms with Gasteiger partial charge in [-0.25, -0.2) is 41.1 Å². The molecule has 4 aliphatic carbocycles. The van der Waals surface area contributed by atoms with Gasteiger partial charge in [0, 0.05) is 63.0 Å². The Bertz CT molecular complexity index is 4170. The lowest BCUT2D eigenvalue weighted by molar-refractivity contribution is -0.314. The molecule has 16 atom stereocenters. The molecule has 4 unspecified atom stereocenters. The first-order valence-electron chi connectivity index (χ1n) is 25.3. The number of hydrogen-bond donors (Lipinski definition) is 5. The molecule has 0 bridgehead atoms. The molecule has 0 amide bonds. The molecule has 4 heterocycles. The Kier molecular flexibility index (Phi) is 26.1. The van der Waals surface area contributed by atoms with Crippen molar-refractivity contribution in [3.63, 3.8) is 0 Å². The zero-order valence-corrected chi connectivity index (χ0v) is 53.4. The highest BCUT2D eigenvalue weighted by atomic mass is 35.9. The summed E-state index contributed by atoms with van der Waals surface area (Å²) in [6.45, 7) is -2.18. The van der Waals surface area contributed by atoms with E-state index in [1.54, 1.807) is 15.0 Å². The van der Waals surface area contributed by atoms with E-state index in [1.807, 2.05) is 0 Å². The normalized spacial score (nSPS) is 27.1. The standard InChI is InChI=1S/C11H18F2N3O9P3.C11H17F2N2O10P3.C9H9Cl2F2N2O4P.C9H10F2N2O3/c12-7-2-16(11(17)15-10(7)14)8-1-6(9(8)13)3-25-28(23,24)5-26(18,19)4-27(20,21)22;12-7-2-15(11(17)14-10(7)16)8-1-6(9(8)13)3-25-28(23,24)5-26(18,19)4-27(20,21)22;10-20(11,18)19-3-4-1-6(7(4)13)15-2-5(12)8(16)14-9(15)17;10-5-2-13(9(16)12-8(5)15)6-1-4(3-14)7(6)11/h2,6,8-9H,1,3-5H2,(H,18,19)(H,23,24)(H2,14,15,17)(H2,20,21,22);2,6,8-9H,1,3-5H2,(H,18,19)(H,23,24)(H,14,16,17)(H2,20,21,22);2,4,6-7H,1,3H2,(H,14,16,17);2,4,6-7,14H,1,3H2,(H,12,15,16)/p-8/t2*6-,8-,9-;2*4-,6-,7-/m0000/s1. The molecule has 4 aromatic heterocycles. The number of aliphatic hydroxyl groups excluding tert-OH is 1. The van der Waals surface area contributed by atoms with Crippen molar-refractivity contribution < 1.29 is 125 Å². The van der Waals surface area contributed by atoms with Gasteiger partial charge in [-0.2, -0.15) is 18.2 Å². The highest BCUT2D eigenvalue weighted by Gasteiger charge is 2.47. The maximum Gasteiger partial charge on any atom is 0.380 e. The smallest absolute Gasteiger partial charge is 0.380 e. The van der Waals surface area contributed by atoms with Crippen LogP contribution in [0, 0.1) is 46.9 Å². The summed E-state index contributed by atoms with van der Waals surface area (Å²) in [5.74, 6) is -15.9. The van der Waals surface area contributed by atoms with E-state index in [4.69, 9.17) is 33.3 Å². The van der Waals surface area contributed by atoms with Gasteiger partial charge in [-0.05, 0) is 48.2 Å². The largest absolute Gasteiger partial charge is 0.810 e. The van der Waals surface area contributed by atoms with E-state index in [1.165, 1.54) is 0 Å². The van der Waals surface area contributed by atoms with Crippen molar-refractivity contribution in [3.8, 4) is 0 Å². The van der Waals surface area contributed by atoms with Gasteiger partial charge >= 0.3 is 28.8 Å². The molecule has 0 saturated heterocycles. The van der Waals surface area contributed by atoms with Crippen LogP contribution >= 0.6 is 73.7 Å². The number of rotatable bonds is 22. The number of nitrogens with two attached hydrogens (primary N) is 1. The average Bonchev–Trinajstić information content (AvgIpc) is 0.805. The van der Waals surface area contributed by atoms with Crippen molar-refractivity contribution in [2.75, 3.05) is 55.8 Å². The molecule has 52 heteroatoms. The molecule has 4 saturated carbocycles. The number of alkyl halides is 4. The predicted molar refractivity (Wildman–Crippen MR) is 284 cm³/mol. The molecule has 92 heavy (non-hydrogen) atoms. The molecule has 4 fully saturated rings. The number of nitrogen functional groups attached to an aromatic ring is 1. The number of aromatic amines is 3. The van der Waals surface area contributed by atoms with Crippen LogP contribution in [-0.4, -0.2) is 118 Å². The monoisotopic (exact) mass is 1510 g/mol. The molecule has 0 aliphatic heterocycles. The molecule has 8 rings (SSSR count). The van der Waals surface area contributed by atoms with Gasteiger partial charge < -0.3 is 90.9 Å². The maximum atomic E-state index is 14.2. The topological polar surface area (TPSA) is 577 Å². The first-order chi connectivity index (χ1) is 41.9. The van der Waals surface area contributed by atoms with Gasteiger partial charge in [-0.15, -0.1) is 0 Å². The van der Waals surface area contributed by atoms with E-state index in [0.717, 1.165) is 9.13 Å². The second-order valence-electron chi connectivity index (χ2n) is 20.7. The number of nitrogens with zero attached hydrogens (tertiary/aromatic N) is 5. The summed E-state index contributed by atoms with van der Waals surface area (Å²) in [6, 6.07) is -4.08. The molecule has 6 N–H and O–H groups in total. The fourth-order valence-corrected chi connectivity index (χ4v) is 22.1. The quantitative estimate of drug-likeness (QED) is 0.0393. The zero-order valence-electron chi connectivity index (χ0n) is 45.6. The number of hydrogen-bond acceptors (Lipinski definition) is 28. The second-order valence-corrected chi connectivity index (χ2v) is 38.2. The average molecular weight is 1510 g/mol. The van der Waals surface area contributed by atoms with Crippen LogP contribution in [0.15, 0.2) is 58.3 Å². The number of anilines is 1.